The van der Waals surface area contributed by atoms with E-state index in [1.165, 1.54) is 51.0 Å². The molecule has 13 heavy (non-hydrogen) atoms. The van der Waals surface area contributed by atoms with Gasteiger partial charge in [-0.2, -0.15) is 0 Å². The summed E-state index contributed by atoms with van der Waals surface area (Å²) in [4.78, 5) is 0. The summed E-state index contributed by atoms with van der Waals surface area (Å²) in [6.45, 7) is 6.95. The van der Waals surface area contributed by atoms with E-state index in [1.54, 1.807) is 0 Å². The molecule has 80 valence electrons. The Morgan fingerprint density at radius 3 is 1.77 bits per heavy atom. The first-order valence-electron chi connectivity index (χ1n) is 5.78. The molecule has 0 aromatic rings. The van der Waals surface area contributed by atoms with Gasteiger partial charge in [-0.25, -0.2) is 12.1 Å². The molecule has 0 atom stereocenters. The predicted octanol–water partition coefficient (Wildman–Crippen LogP) is 4.87. The average molecular weight is 218 g/mol. The SMILES string of the molecule is CCCCCCCCC[Si](C)(C)S. The van der Waals surface area contributed by atoms with Gasteiger partial charge in [0.1, 0.15) is 7.22 Å². The van der Waals surface area contributed by atoms with Crippen LogP contribution in [0.2, 0.25) is 19.1 Å². The van der Waals surface area contributed by atoms with Gasteiger partial charge in [0.25, 0.3) is 0 Å². The topological polar surface area (TPSA) is 0 Å². The van der Waals surface area contributed by atoms with Crippen molar-refractivity contribution in [1.82, 2.24) is 0 Å². The van der Waals surface area contributed by atoms with E-state index in [0.29, 0.717) is 0 Å². The smallest absolute Gasteiger partial charge is 0.107 e. The second-order valence-corrected chi connectivity index (χ2v) is 12.4. The first-order valence-corrected chi connectivity index (χ1v) is 10.3. The molecule has 0 radical (unpaired) electrons. The van der Waals surface area contributed by atoms with Gasteiger partial charge in [-0.05, 0) is 6.04 Å². The van der Waals surface area contributed by atoms with Crippen molar-refractivity contribution < 1.29 is 0 Å². The van der Waals surface area contributed by atoms with Crippen molar-refractivity contribution in [3.8, 4) is 0 Å². The lowest BCUT2D eigenvalue weighted by atomic mass is 10.1. The van der Waals surface area contributed by atoms with Gasteiger partial charge in [0.15, 0.2) is 0 Å². The molecule has 0 amide bonds. The van der Waals surface area contributed by atoms with Crippen LogP contribution in [-0.2, 0) is 0 Å². The zero-order chi connectivity index (χ0) is 10.2. The first-order chi connectivity index (χ1) is 6.06. The Bertz CT molecular complexity index is 107. The van der Waals surface area contributed by atoms with Gasteiger partial charge >= 0.3 is 0 Å². The van der Waals surface area contributed by atoms with Gasteiger partial charge in [0.05, 0.1) is 0 Å². The highest BCUT2D eigenvalue weighted by atomic mass is 32.3. The largest absolute Gasteiger partial charge is 0.202 e. The number of unbranched alkanes of at least 4 members (excludes halogenated alkanes) is 6. The quantitative estimate of drug-likeness (QED) is 0.335. The normalized spacial score (nSPS) is 12.0. The Balaban J connectivity index is 3.00. The summed E-state index contributed by atoms with van der Waals surface area (Å²) in [5, 5.41) is 0. The Morgan fingerprint density at radius 1 is 0.846 bits per heavy atom. The van der Waals surface area contributed by atoms with Gasteiger partial charge in [0.2, 0.25) is 0 Å². The molecule has 0 aromatic heterocycles. The van der Waals surface area contributed by atoms with E-state index in [0.717, 1.165) is 0 Å². The second kappa shape index (κ2) is 7.92. The van der Waals surface area contributed by atoms with E-state index in [2.05, 4.69) is 32.1 Å². The van der Waals surface area contributed by atoms with Gasteiger partial charge in [-0.15, -0.1) is 0 Å². The molecule has 0 aliphatic rings. The van der Waals surface area contributed by atoms with Crippen molar-refractivity contribution in [2.45, 2.75) is 71.0 Å². The summed E-state index contributed by atoms with van der Waals surface area (Å²) in [7, 11) is -1.04. The minimum atomic E-state index is -1.04. The number of hydrogen-bond acceptors (Lipinski definition) is 1. The van der Waals surface area contributed by atoms with Crippen molar-refractivity contribution in [2.75, 3.05) is 0 Å². The highest BCUT2D eigenvalue weighted by Crippen LogP contribution is 2.18. The highest BCUT2D eigenvalue weighted by molar-refractivity contribution is 8.14. The third kappa shape index (κ3) is 12.6. The van der Waals surface area contributed by atoms with Crippen LogP contribution < -0.4 is 0 Å². The van der Waals surface area contributed by atoms with E-state index < -0.39 is 7.22 Å². The van der Waals surface area contributed by atoms with Gasteiger partial charge in [0, 0.05) is 0 Å². The molecule has 0 heterocycles. The lowest BCUT2D eigenvalue weighted by Gasteiger charge is -2.13. The summed E-state index contributed by atoms with van der Waals surface area (Å²) in [5.41, 5.74) is 0. The molecule has 0 saturated carbocycles. The predicted molar refractivity (Wildman–Crippen MR) is 69.3 cm³/mol. The summed E-state index contributed by atoms with van der Waals surface area (Å²) in [6, 6.07) is 1.39. The fraction of sp³-hybridized carbons (Fsp3) is 1.00. The zero-order valence-electron chi connectivity index (χ0n) is 9.60. The average Bonchev–Trinajstić information content (AvgIpc) is 2.01. The Morgan fingerprint density at radius 2 is 1.31 bits per heavy atom. The monoisotopic (exact) mass is 218 g/mol. The lowest BCUT2D eigenvalue weighted by molar-refractivity contribution is 0.601. The van der Waals surface area contributed by atoms with Crippen molar-refractivity contribution in [3.63, 3.8) is 0 Å². The van der Waals surface area contributed by atoms with Crippen LogP contribution >= 0.6 is 12.1 Å². The summed E-state index contributed by atoms with van der Waals surface area (Å²) in [6.07, 6.45) is 9.96. The Hall–Kier alpha value is 0.567. The van der Waals surface area contributed by atoms with Gasteiger partial charge < -0.3 is 0 Å². The molecule has 0 nitrogen and oxygen atoms in total. The van der Waals surface area contributed by atoms with Crippen LogP contribution in [0.3, 0.4) is 0 Å². The summed E-state index contributed by atoms with van der Waals surface area (Å²) < 4.78 is 0. The lowest BCUT2D eigenvalue weighted by Crippen LogP contribution is -2.15. The first kappa shape index (κ1) is 13.6. The standard InChI is InChI=1S/C11H26SSi/c1-4-5-6-7-8-9-10-11-13(2,3)12/h12H,4-11H2,1-3H3. The molecular formula is C11H26SSi. The van der Waals surface area contributed by atoms with Crippen molar-refractivity contribution in [3.05, 3.63) is 0 Å². The maximum Gasteiger partial charge on any atom is 0.107 e. The molecule has 0 saturated heterocycles. The van der Waals surface area contributed by atoms with Crippen LogP contribution in [0.25, 0.3) is 0 Å². The minimum absolute atomic E-state index is 1.04. The maximum atomic E-state index is 4.65. The fourth-order valence-electron chi connectivity index (χ4n) is 1.51. The zero-order valence-corrected chi connectivity index (χ0v) is 11.5. The highest BCUT2D eigenvalue weighted by Gasteiger charge is 2.12. The van der Waals surface area contributed by atoms with Crippen molar-refractivity contribution in [1.29, 1.82) is 0 Å². The summed E-state index contributed by atoms with van der Waals surface area (Å²) in [5.74, 6) is 0. The molecule has 0 spiro atoms. The van der Waals surface area contributed by atoms with Crippen molar-refractivity contribution in [2.24, 2.45) is 0 Å². The minimum Gasteiger partial charge on any atom is -0.202 e. The Labute approximate surface area is 90.6 Å². The molecule has 0 rings (SSSR count). The number of rotatable bonds is 8. The number of hydrogen-bond donors (Lipinski definition) is 1. The molecular weight excluding hydrogens is 192 g/mol. The molecule has 0 N–H and O–H groups in total. The third-order valence-corrected chi connectivity index (χ3v) is 4.64. The van der Waals surface area contributed by atoms with Gasteiger partial charge in [-0.3, -0.25) is 0 Å². The van der Waals surface area contributed by atoms with Gasteiger partial charge in [-0.1, -0.05) is 65.0 Å². The van der Waals surface area contributed by atoms with Crippen LogP contribution in [0, 0.1) is 0 Å². The summed E-state index contributed by atoms with van der Waals surface area (Å²) >= 11 is 4.65. The molecule has 0 fully saturated rings. The second-order valence-electron chi connectivity index (χ2n) is 4.68. The van der Waals surface area contributed by atoms with E-state index >= 15 is 0 Å². The molecule has 0 unspecified atom stereocenters. The third-order valence-electron chi connectivity index (χ3n) is 2.39. The van der Waals surface area contributed by atoms with E-state index in [-0.39, 0.29) is 0 Å². The van der Waals surface area contributed by atoms with E-state index in [4.69, 9.17) is 0 Å². The molecule has 0 aromatic carbocycles. The van der Waals surface area contributed by atoms with Crippen LogP contribution in [0.15, 0.2) is 0 Å². The van der Waals surface area contributed by atoms with Crippen LogP contribution in [0.4, 0.5) is 0 Å². The molecule has 0 aliphatic carbocycles. The fourth-order valence-corrected chi connectivity index (χ4v) is 3.10. The maximum absolute atomic E-state index is 4.65. The number of thiol groups is 1. The van der Waals surface area contributed by atoms with Crippen LogP contribution in [-0.4, -0.2) is 7.22 Å². The molecule has 0 aliphatic heterocycles. The molecule has 2 heteroatoms. The molecule has 0 bridgehead atoms. The van der Waals surface area contributed by atoms with E-state index in [1.807, 2.05) is 0 Å². The van der Waals surface area contributed by atoms with Crippen molar-refractivity contribution >= 4 is 19.3 Å². The van der Waals surface area contributed by atoms with Crippen LogP contribution in [0.1, 0.15) is 51.9 Å². The van der Waals surface area contributed by atoms with E-state index in [9.17, 15) is 0 Å². The van der Waals surface area contributed by atoms with Crippen LogP contribution in [0.5, 0.6) is 0 Å². The Kier molecular flexibility index (Phi) is 8.27.